The Balaban J connectivity index is 1.76. The van der Waals surface area contributed by atoms with E-state index in [2.05, 4.69) is 5.32 Å². The minimum atomic E-state index is -2.27. The number of amides is 3. The van der Waals surface area contributed by atoms with Gasteiger partial charge in [-0.25, -0.2) is 26.7 Å². The van der Waals surface area contributed by atoms with Gasteiger partial charge in [0.1, 0.15) is 5.37 Å². The van der Waals surface area contributed by atoms with Gasteiger partial charge in [0.25, 0.3) is 0 Å². The summed E-state index contributed by atoms with van der Waals surface area (Å²) in [6.07, 6.45) is -0.280. The molecule has 28 heavy (non-hydrogen) atoms. The molecule has 0 aromatic heterocycles. The molecule has 1 fully saturated rings. The van der Waals surface area contributed by atoms with E-state index in [4.69, 9.17) is 0 Å². The Morgan fingerprint density at radius 2 is 1.57 bits per heavy atom. The fourth-order valence-corrected chi connectivity index (χ4v) is 3.83. The van der Waals surface area contributed by atoms with Crippen molar-refractivity contribution >= 4 is 23.7 Å². The Kier molecular flexibility index (Phi) is 5.59. The molecular weight excluding hydrogens is 403 g/mol. The number of rotatable bonds is 4. The zero-order valence-corrected chi connectivity index (χ0v) is 15.1. The van der Waals surface area contributed by atoms with Crippen molar-refractivity contribution in [2.24, 2.45) is 0 Å². The van der Waals surface area contributed by atoms with Crippen molar-refractivity contribution < 1.29 is 31.5 Å². The van der Waals surface area contributed by atoms with Gasteiger partial charge in [-0.05, 0) is 12.5 Å². The molecule has 10 heteroatoms. The maximum Gasteiger partial charge on any atom is 0.325 e. The average Bonchev–Trinajstić information content (AvgIpc) is 2.67. The normalized spacial score (nSPS) is 17.3. The fourth-order valence-electron chi connectivity index (χ4n) is 2.63. The van der Waals surface area contributed by atoms with E-state index in [9.17, 15) is 31.5 Å². The van der Waals surface area contributed by atoms with Crippen LogP contribution in [0.15, 0.2) is 35.2 Å². The standard InChI is InChI=1S/C18H13F5N2O2S/c1-8(9-5-3-2-4-6-9)24-18(27)25-10(26)7-11(25)28-17-15(22)13(20)12(19)14(21)16(17)23/h2-6,8,11H,7H2,1H3,(H,24,27)/t8-,11+/m0/s1. The smallest absolute Gasteiger partial charge is 0.325 e. The van der Waals surface area contributed by atoms with Crippen LogP contribution in [0.25, 0.3) is 0 Å². The van der Waals surface area contributed by atoms with Crippen molar-refractivity contribution in [3.05, 3.63) is 65.0 Å². The first kappa shape index (κ1) is 20.1. The first-order chi connectivity index (χ1) is 13.2. The summed E-state index contributed by atoms with van der Waals surface area (Å²) in [6.45, 7) is 1.67. The highest BCUT2D eigenvalue weighted by Crippen LogP contribution is 2.39. The van der Waals surface area contributed by atoms with Crippen LogP contribution in [0.5, 0.6) is 0 Å². The number of carbonyl (C=O) groups excluding carboxylic acids is 2. The van der Waals surface area contributed by atoms with Gasteiger partial charge in [-0.15, -0.1) is 0 Å². The number of imide groups is 1. The van der Waals surface area contributed by atoms with Crippen molar-refractivity contribution in [3.8, 4) is 0 Å². The number of urea groups is 1. The fraction of sp³-hybridized carbons (Fsp3) is 0.222. The number of carbonyl (C=O) groups is 2. The summed E-state index contributed by atoms with van der Waals surface area (Å²) < 4.78 is 67.5. The van der Waals surface area contributed by atoms with Crippen LogP contribution in [0.3, 0.4) is 0 Å². The number of benzene rings is 2. The molecule has 2 aromatic rings. The van der Waals surface area contributed by atoms with Gasteiger partial charge >= 0.3 is 6.03 Å². The third-order valence-electron chi connectivity index (χ3n) is 4.19. The molecule has 0 saturated carbocycles. The molecule has 148 valence electrons. The van der Waals surface area contributed by atoms with Gasteiger partial charge < -0.3 is 5.32 Å². The zero-order chi connectivity index (χ0) is 20.6. The SMILES string of the molecule is C[C@H](NC(=O)N1C(=O)C[C@H]1Sc1c(F)c(F)c(F)c(F)c1F)c1ccccc1. The summed E-state index contributed by atoms with van der Waals surface area (Å²) in [5, 5.41) is 1.47. The van der Waals surface area contributed by atoms with E-state index < -0.39 is 57.3 Å². The molecule has 0 bridgehead atoms. The summed E-state index contributed by atoms with van der Waals surface area (Å²) in [5.41, 5.74) is 0.757. The van der Waals surface area contributed by atoms with Gasteiger partial charge in [0.15, 0.2) is 23.3 Å². The molecule has 0 spiro atoms. The van der Waals surface area contributed by atoms with E-state index in [1.165, 1.54) is 0 Å². The third kappa shape index (κ3) is 3.56. The highest BCUT2D eigenvalue weighted by atomic mass is 32.2. The lowest BCUT2D eigenvalue weighted by molar-refractivity contribution is -0.137. The minimum Gasteiger partial charge on any atom is -0.331 e. The van der Waals surface area contributed by atoms with Crippen molar-refractivity contribution in [2.45, 2.75) is 29.7 Å². The van der Waals surface area contributed by atoms with Crippen molar-refractivity contribution in [1.82, 2.24) is 10.2 Å². The molecule has 1 saturated heterocycles. The number of nitrogens with one attached hydrogen (secondary N) is 1. The average molecular weight is 416 g/mol. The lowest BCUT2D eigenvalue weighted by Gasteiger charge is -2.38. The number of thioether (sulfide) groups is 1. The van der Waals surface area contributed by atoms with Gasteiger partial charge in [0.2, 0.25) is 11.7 Å². The largest absolute Gasteiger partial charge is 0.331 e. The van der Waals surface area contributed by atoms with E-state index >= 15 is 0 Å². The molecule has 2 aromatic carbocycles. The van der Waals surface area contributed by atoms with Gasteiger partial charge in [0.05, 0.1) is 17.4 Å². The molecule has 1 heterocycles. The van der Waals surface area contributed by atoms with E-state index in [0.717, 1.165) is 5.56 Å². The van der Waals surface area contributed by atoms with E-state index in [1.807, 2.05) is 0 Å². The van der Waals surface area contributed by atoms with Gasteiger partial charge in [-0.2, -0.15) is 0 Å². The van der Waals surface area contributed by atoms with E-state index in [1.54, 1.807) is 37.3 Å². The van der Waals surface area contributed by atoms with Crippen LogP contribution in [0.2, 0.25) is 0 Å². The van der Waals surface area contributed by atoms with Crippen LogP contribution in [-0.4, -0.2) is 22.2 Å². The predicted molar refractivity (Wildman–Crippen MR) is 90.7 cm³/mol. The lowest BCUT2D eigenvalue weighted by Crippen LogP contribution is -2.57. The molecule has 2 atom stereocenters. The quantitative estimate of drug-likeness (QED) is 0.346. The molecule has 1 aliphatic heterocycles. The maximum atomic E-state index is 13.8. The first-order valence-corrected chi connectivity index (χ1v) is 8.96. The summed E-state index contributed by atoms with van der Waals surface area (Å²) >= 11 is 0.231. The Morgan fingerprint density at radius 3 is 2.11 bits per heavy atom. The van der Waals surface area contributed by atoms with E-state index in [0.29, 0.717) is 4.90 Å². The molecule has 0 unspecified atom stereocenters. The topological polar surface area (TPSA) is 49.4 Å². The molecule has 1 aliphatic rings. The van der Waals surface area contributed by atoms with Gasteiger partial charge in [-0.1, -0.05) is 42.1 Å². The summed E-state index contributed by atoms with van der Waals surface area (Å²) in [5.74, 6) is -11.1. The van der Waals surface area contributed by atoms with Crippen LogP contribution in [0.1, 0.15) is 24.9 Å². The second kappa shape index (κ2) is 7.78. The molecule has 1 N–H and O–H groups in total. The first-order valence-electron chi connectivity index (χ1n) is 8.08. The third-order valence-corrected chi connectivity index (χ3v) is 5.43. The van der Waals surface area contributed by atoms with Crippen LogP contribution in [-0.2, 0) is 4.79 Å². The molecule has 3 rings (SSSR count). The molecule has 0 radical (unpaired) electrons. The van der Waals surface area contributed by atoms with Crippen LogP contribution >= 0.6 is 11.8 Å². The number of likely N-dealkylation sites (tertiary alicyclic amines) is 1. The molecule has 3 amide bonds. The number of halogens is 5. The van der Waals surface area contributed by atoms with E-state index in [-0.39, 0.29) is 18.2 Å². The maximum absolute atomic E-state index is 13.8. The van der Waals surface area contributed by atoms with Gasteiger partial charge in [0, 0.05) is 0 Å². The molecule has 0 aliphatic carbocycles. The minimum absolute atomic E-state index is 0.231. The molecule has 4 nitrogen and oxygen atoms in total. The Labute approximate surface area is 160 Å². The summed E-state index contributed by atoms with van der Waals surface area (Å²) in [4.78, 5) is 23.7. The summed E-state index contributed by atoms with van der Waals surface area (Å²) in [6, 6.07) is 7.51. The number of β-lactam (4-membered cyclic amide) rings is 1. The second-order valence-electron chi connectivity index (χ2n) is 6.02. The highest BCUT2D eigenvalue weighted by molar-refractivity contribution is 8.00. The number of hydrogen-bond donors (Lipinski definition) is 1. The Hall–Kier alpha value is -2.62. The zero-order valence-electron chi connectivity index (χ0n) is 14.3. The summed E-state index contributed by atoms with van der Waals surface area (Å²) in [7, 11) is 0. The van der Waals surface area contributed by atoms with Crippen molar-refractivity contribution in [2.75, 3.05) is 0 Å². The highest BCUT2D eigenvalue weighted by Gasteiger charge is 2.43. The number of hydrogen-bond acceptors (Lipinski definition) is 3. The van der Waals surface area contributed by atoms with Crippen LogP contribution < -0.4 is 5.32 Å². The second-order valence-corrected chi connectivity index (χ2v) is 7.21. The molecular formula is C18H13F5N2O2S. The Bertz CT molecular complexity index is 912. The van der Waals surface area contributed by atoms with Crippen molar-refractivity contribution in [1.29, 1.82) is 0 Å². The number of nitrogens with zero attached hydrogens (tertiary/aromatic N) is 1. The monoisotopic (exact) mass is 416 g/mol. The van der Waals surface area contributed by atoms with Gasteiger partial charge in [-0.3, -0.25) is 9.69 Å². The Morgan fingerprint density at radius 1 is 1.04 bits per heavy atom. The van der Waals surface area contributed by atoms with Crippen LogP contribution in [0.4, 0.5) is 26.7 Å². The lowest BCUT2D eigenvalue weighted by atomic mass is 10.1. The predicted octanol–water partition coefficient (Wildman–Crippen LogP) is 4.50. The van der Waals surface area contributed by atoms with Crippen molar-refractivity contribution in [3.63, 3.8) is 0 Å². The van der Waals surface area contributed by atoms with Crippen LogP contribution in [0, 0.1) is 29.1 Å².